The molecule has 6 nitrogen and oxygen atoms in total. The van der Waals surface area contributed by atoms with Gasteiger partial charge in [-0.1, -0.05) is 11.6 Å². The van der Waals surface area contributed by atoms with Gasteiger partial charge in [-0.05, 0) is 75.2 Å². The summed E-state index contributed by atoms with van der Waals surface area (Å²) in [4.78, 5) is 15.1. The molecule has 1 aliphatic rings. The Bertz CT molecular complexity index is 1120. The molecule has 1 atom stereocenters. The molecular formula is C24H27Cl2NO5. The van der Waals surface area contributed by atoms with E-state index in [0.717, 1.165) is 24.2 Å². The molecule has 2 heterocycles. The molecule has 32 heavy (non-hydrogen) atoms. The highest BCUT2D eigenvalue weighted by molar-refractivity contribution is 6.32. The molecule has 1 unspecified atom stereocenters. The van der Waals surface area contributed by atoms with Crippen molar-refractivity contribution >= 4 is 35.0 Å². The summed E-state index contributed by atoms with van der Waals surface area (Å²) in [6, 6.07) is 8.56. The second-order valence-corrected chi connectivity index (χ2v) is 8.41. The highest BCUT2D eigenvalue weighted by atomic mass is 35.5. The number of nitrogens with zero attached hydrogens (tertiary/aromatic N) is 1. The average molecular weight is 480 g/mol. The summed E-state index contributed by atoms with van der Waals surface area (Å²) < 4.78 is 17.1. The molecule has 0 aliphatic carbocycles. The van der Waals surface area contributed by atoms with Crippen molar-refractivity contribution in [3.8, 4) is 17.2 Å². The van der Waals surface area contributed by atoms with Crippen LogP contribution in [0, 0.1) is 13.8 Å². The normalized spacial score (nSPS) is 14.9. The summed E-state index contributed by atoms with van der Waals surface area (Å²) in [6.07, 6.45) is 3.10. The van der Waals surface area contributed by atoms with Gasteiger partial charge in [0.1, 0.15) is 36.1 Å². The van der Waals surface area contributed by atoms with Gasteiger partial charge in [0.2, 0.25) is 11.2 Å². The van der Waals surface area contributed by atoms with Crippen LogP contribution in [0.25, 0.3) is 11.0 Å². The van der Waals surface area contributed by atoms with E-state index in [4.69, 9.17) is 25.5 Å². The monoisotopic (exact) mass is 479 g/mol. The Hall–Kier alpha value is -2.25. The number of rotatable bonds is 7. The number of β-amino-alcohol motifs (C(OH)–C–C–N with tert-alkyl or cyclic N) is 1. The molecule has 0 radical (unpaired) electrons. The number of aliphatic hydroxyl groups excluding tert-OH is 1. The van der Waals surface area contributed by atoms with Crippen LogP contribution in [0.4, 0.5) is 0 Å². The Labute approximate surface area is 198 Å². The minimum absolute atomic E-state index is 0. The Morgan fingerprint density at radius 3 is 2.50 bits per heavy atom. The van der Waals surface area contributed by atoms with Crippen molar-refractivity contribution in [2.24, 2.45) is 0 Å². The van der Waals surface area contributed by atoms with E-state index in [1.807, 2.05) is 13.8 Å². The predicted octanol–water partition coefficient (Wildman–Crippen LogP) is 5.11. The molecule has 1 fully saturated rings. The van der Waals surface area contributed by atoms with E-state index < -0.39 is 6.10 Å². The standard InChI is InChI=1S/C24H26ClNO5.ClH/c1-15-9-19(10-16(2)23(15)25)31-22-14-30-21-11-18(5-6-20(21)24(22)28)29-13-17(27)12-26-7-3-4-8-26;/h5-6,9-11,14,17,27H,3-4,7-8,12-13H2,1-2H3;1H. The second kappa shape index (κ2) is 10.6. The van der Waals surface area contributed by atoms with Crippen molar-refractivity contribution in [3.05, 3.63) is 63.0 Å². The maximum absolute atomic E-state index is 12.8. The Morgan fingerprint density at radius 1 is 1.12 bits per heavy atom. The van der Waals surface area contributed by atoms with E-state index in [0.29, 0.717) is 34.0 Å². The van der Waals surface area contributed by atoms with Crippen LogP contribution in [0.15, 0.2) is 45.8 Å². The zero-order valence-electron chi connectivity index (χ0n) is 18.1. The zero-order valence-corrected chi connectivity index (χ0v) is 19.7. The van der Waals surface area contributed by atoms with Crippen molar-refractivity contribution < 1.29 is 19.0 Å². The first-order valence-electron chi connectivity index (χ1n) is 10.4. The molecule has 172 valence electrons. The van der Waals surface area contributed by atoms with E-state index in [1.54, 1.807) is 30.3 Å². The Balaban J connectivity index is 0.00000289. The fourth-order valence-electron chi connectivity index (χ4n) is 3.85. The third-order valence-electron chi connectivity index (χ3n) is 5.46. The van der Waals surface area contributed by atoms with Crippen molar-refractivity contribution in [1.29, 1.82) is 0 Å². The summed E-state index contributed by atoms with van der Waals surface area (Å²) in [5.74, 6) is 1.16. The first-order valence-corrected chi connectivity index (χ1v) is 10.8. The number of likely N-dealkylation sites (tertiary alicyclic amines) is 1. The van der Waals surface area contributed by atoms with Gasteiger partial charge in [0.25, 0.3) is 0 Å². The minimum atomic E-state index is -0.567. The van der Waals surface area contributed by atoms with E-state index in [1.165, 1.54) is 19.1 Å². The van der Waals surface area contributed by atoms with Gasteiger partial charge >= 0.3 is 0 Å². The molecule has 0 amide bonds. The van der Waals surface area contributed by atoms with E-state index in [9.17, 15) is 9.90 Å². The number of halogens is 2. The van der Waals surface area contributed by atoms with Crippen LogP contribution in [0.3, 0.4) is 0 Å². The molecular weight excluding hydrogens is 453 g/mol. The third-order valence-corrected chi connectivity index (χ3v) is 6.06. The quantitative estimate of drug-likeness (QED) is 0.507. The second-order valence-electron chi connectivity index (χ2n) is 8.03. The molecule has 1 aromatic heterocycles. The molecule has 0 bridgehead atoms. The van der Waals surface area contributed by atoms with Gasteiger partial charge in [0.15, 0.2) is 0 Å². The molecule has 1 saturated heterocycles. The smallest absolute Gasteiger partial charge is 0.235 e. The van der Waals surface area contributed by atoms with Gasteiger partial charge in [0.05, 0.1) is 5.39 Å². The van der Waals surface area contributed by atoms with Crippen LogP contribution in [-0.4, -0.2) is 42.4 Å². The first-order chi connectivity index (χ1) is 14.9. The lowest BCUT2D eigenvalue weighted by Crippen LogP contribution is -2.33. The number of aliphatic hydroxyl groups is 1. The predicted molar refractivity (Wildman–Crippen MR) is 128 cm³/mol. The fourth-order valence-corrected chi connectivity index (χ4v) is 3.96. The van der Waals surface area contributed by atoms with Crippen molar-refractivity contribution in [2.45, 2.75) is 32.8 Å². The molecule has 8 heteroatoms. The lowest BCUT2D eigenvalue weighted by molar-refractivity contribution is 0.0758. The van der Waals surface area contributed by atoms with Crippen LogP contribution in [0.5, 0.6) is 17.2 Å². The van der Waals surface area contributed by atoms with Gasteiger partial charge in [-0.3, -0.25) is 4.79 Å². The number of benzene rings is 2. The molecule has 4 rings (SSSR count). The topological polar surface area (TPSA) is 72.1 Å². The largest absolute Gasteiger partial charge is 0.491 e. The zero-order chi connectivity index (χ0) is 22.0. The van der Waals surface area contributed by atoms with Crippen molar-refractivity contribution in [1.82, 2.24) is 4.90 Å². The molecule has 0 saturated carbocycles. The number of hydrogen-bond acceptors (Lipinski definition) is 6. The summed E-state index contributed by atoms with van der Waals surface area (Å²) in [6.45, 7) is 6.61. The minimum Gasteiger partial charge on any atom is -0.491 e. The van der Waals surface area contributed by atoms with Crippen molar-refractivity contribution in [3.63, 3.8) is 0 Å². The Morgan fingerprint density at radius 2 is 1.81 bits per heavy atom. The van der Waals surface area contributed by atoms with Crippen LogP contribution in [0.2, 0.25) is 5.02 Å². The molecule has 1 aliphatic heterocycles. The maximum atomic E-state index is 12.8. The molecule has 3 aromatic rings. The van der Waals surface area contributed by atoms with Gasteiger partial charge < -0.3 is 23.9 Å². The Kier molecular flexibility index (Phi) is 8.06. The maximum Gasteiger partial charge on any atom is 0.235 e. The summed E-state index contributed by atoms with van der Waals surface area (Å²) in [5.41, 5.74) is 1.87. The highest BCUT2D eigenvalue weighted by Crippen LogP contribution is 2.29. The van der Waals surface area contributed by atoms with Gasteiger partial charge in [0, 0.05) is 17.6 Å². The number of ether oxygens (including phenoxy) is 2. The summed E-state index contributed by atoms with van der Waals surface area (Å²) in [5, 5.41) is 11.3. The van der Waals surface area contributed by atoms with Gasteiger partial charge in [-0.2, -0.15) is 0 Å². The lowest BCUT2D eigenvalue weighted by Gasteiger charge is -2.19. The van der Waals surface area contributed by atoms with Crippen LogP contribution < -0.4 is 14.9 Å². The van der Waals surface area contributed by atoms with Crippen LogP contribution in [0.1, 0.15) is 24.0 Å². The first kappa shape index (κ1) is 24.4. The third kappa shape index (κ3) is 5.56. The molecule has 2 aromatic carbocycles. The number of fused-ring (bicyclic) bond motifs is 1. The van der Waals surface area contributed by atoms with Crippen LogP contribution >= 0.6 is 24.0 Å². The van der Waals surface area contributed by atoms with E-state index in [2.05, 4.69) is 4.90 Å². The number of aryl methyl sites for hydroxylation is 2. The highest BCUT2D eigenvalue weighted by Gasteiger charge is 2.17. The summed E-state index contributed by atoms with van der Waals surface area (Å²) in [7, 11) is 0. The number of hydrogen-bond donors (Lipinski definition) is 1. The lowest BCUT2D eigenvalue weighted by atomic mass is 10.1. The van der Waals surface area contributed by atoms with E-state index >= 15 is 0 Å². The fraction of sp³-hybridized carbons (Fsp3) is 0.375. The van der Waals surface area contributed by atoms with E-state index in [-0.39, 0.29) is 30.2 Å². The van der Waals surface area contributed by atoms with Crippen molar-refractivity contribution in [2.75, 3.05) is 26.2 Å². The average Bonchev–Trinajstić information content (AvgIpc) is 3.25. The van der Waals surface area contributed by atoms with Gasteiger partial charge in [-0.15, -0.1) is 12.4 Å². The summed E-state index contributed by atoms with van der Waals surface area (Å²) >= 11 is 6.20. The SMILES string of the molecule is Cc1cc(Oc2coc3cc(OCC(O)CN4CCCC4)ccc3c2=O)cc(C)c1Cl.Cl. The van der Waals surface area contributed by atoms with Gasteiger partial charge in [-0.25, -0.2) is 0 Å². The van der Waals surface area contributed by atoms with Crippen LogP contribution in [-0.2, 0) is 0 Å². The molecule has 0 spiro atoms. The molecule has 1 N–H and O–H groups in total.